The first kappa shape index (κ1) is 29.0. The molecule has 0 spiro atoms. The average Bonchev–Trinajstić information content (AvgIpc) is 2.95. The van der Waals surface area contributed by atoms with Crippen LogP contribution in [0.3, 0.4) is 0 Å². The third kappa shape index (κ3) is 7.22. The Morgan fingerprint density at radius 2 is 1.56 bits per heavy atom. The summed E-state index contributed by atoms with van der Waals surface area (Å²) in [6, 6.07) is 24.6. The molecule has 7 nitrogen and oxygen atoms in total. The number of anilines is 1. The smallest absolute Gasteiger partial charge is 0.239 e. The maximum atomic E-state index is 12.2. The number of halogens is 1. The molecule has 1 aliphatic heterocycles. The van der Waals surface area contributed by atoms with Gasteiger partial charge in [0.15, 0.2) is 0 Å². The van der Waals surface area contributed by atoms with Crippen molar-refractivity contribution in [2.75, 3.05) is 31.5 Å². The minimum Gasteiger partial charge on any atom is -0.368 e. The van der Waals surface area contributed by atoms with Crippen molar-refractivity contribution in [1.82, 2.24) is 19.8 Å². The van der Waals surface area contributed by atoms with Crippen LogP contribution in [0.5, 0.6) is 0 Å². The van der Waals surface area contributed by atoms with Gasteiger partial charge in [0, 0.05) is 36.6 Å². The topological polar surface area (TPSA) is 87.4 Å². The molecular formula is C33H39ClN6O. The fourth-order valence-corrected chi connectivity index (χ4v) is 5.70. The number of nitrogens with zero attached hydrogens (tertiary/aromatic N) is 4. The van der Waals surface area contributed by atoms with Gasteiger partial charge in [0.05, 0.1) is 18.1 Å². The molecule has 1 amide bonds. The molecular weight excluding hydrogens is 532 g/mol. The number of hydrogen-bond donors (Lipinski definition) is 2. The predicted molar refractivity (Wildman–Crippen MR) is 167 cm³/mol. The van der Waals surface area contributed by atoms with Crippen LogP contribution in [0.4, 0.5) is 5.82 Å². The maximum absolute atomic E-state index is 12.2. The van der Waals surface area contributed by atoms with Gasteiger partial charge in [-0.05, 0) is 54.7 Å². The Kier molecular flexibility index (Phi) is 9.18. The van der Waals surface area contributed by atoms with Gasteiger partial charge in [-0.1, -0.05) is 79.5 Å². The quantitative estimate of drug-likeness (QED) is 0.250. The monoisotopic (exact) mass is 570 g/mol. The number of aromatic nitrogens is 2. The molecule has 0 radical (unpaired) electrons. The van der Waals surface area contributed by atoms with E-state index in [4.69, 9.17) is 27.3 Å². The molecule has 0 bridgehead atoms. The van der Waals surface area contributed by atoms with E-state index in [2.05, 4.69) is 72.3 Å². The number of nitrogens with one attached hydrogen (secondary N) is 1. The molecule has 1 aliphatic rings. The number of primary amides is 1. The molecule has 3 N–H and O–H groups in total. The number of fused-ring (bicyclic) bond motifs is 1. The fourth-order valence-electron chi connectivity index (χ4n) is 5.58. The number of piperazine rings is 1. The second kappa shape index (κ2) is 13.0. The summed E-state index contributed by atoms with van der Waals surface area (Å²) >= 11 is 6.22. The lowest BCUT2D eigenvalue weighted by Gasteiger charge is -2.39. The average molecular weight is 571 g/mol. The highest BCUT2D eigenvalue weighted by Crippen LogP contribution is 2.31. The number of carbonyl (C=O) groups is 1. The third-order valence-electron chi connectivity index (χ3n) is 7.73. The Balaban J connectivity index is 1.33. The Morgan fingerprint density at radius 3 is 2.20 bits per heavy atom. The predicted octanol–water partition coefficient (Wildman–Crippen LogP) is 5.81. The van der Waals surface area contributed by atoms with E-state index in [1.54, 1.807) is 0 Å². The Bertz CT molecular complexity index is 1420. The molecule has 2 heterocycles. The van der Waals surface area contributed by atoms with E-state index in [1.165, 1.54) is 16.7 Å². The van der Waals surface area contributed by atoms with E-state index in [1.807, 2.05) is 36.4 Å². The van der Waals surface area contributed by atoms with Crippen molar-refractivity contribution in [3.8, 4) is 0 Å². The van der Waals surface area contributed by atoms with Crippen LogP contribution in [0.15, 0.2) is 72.8 Å². The van der Waals surface area contributed by atoms with Crippen LogP contribution in [0, 0.1) is 12.8 Å². The number of rotatable bonds is 10. The van der Waals surface area contributed by atoms with Gasteiger partial charge < -0.3 is 11.1 Å². The van der Waals surface area contributed by atoms with Crippen LogP contribution in [0.2, 0.25) is 5.02 Å². The number of amides is 1. The first-order valence-electron chi connectivity index (χ1n) is 14.4. The third-order valence-corrected chi connectivity index (χ3v) is 7.98. The highest BCUT2D eigenvalue weighted by molar-refractivity contribution is 6.30. The van der Waals surface area contributed by atoms with Gasteiger partial charge in [-0.3, -0.25) is 14.6 Å². The van der Waals surface area contributed by atoms with Gasteiger partial charge in [-0.2, -0.15) is 0 Å². The van der Waals surface area contributed by atoms with Gasteiger partial charge in [-0.25, -0.2) is 9.97 Å². The van der Waals surface area contributed by atoms with Crippen LogP contribution >= 0.6 is 11.6 Å². The lowest BCUT2D eigenvalue weighted by atomic mass is 9.95. The fraction of sp³-hybridized carbons (Fsp3) is 0.364. The first-order valence-corrected chi connectivity index (χ1v) is 14.7. The molecule has 214 valence electrons. The standard InChI is InChI=1S/C33H39ClN6O/c1-22(2)20-29(32(35)41)37-33-27-6-4-5-7-28(27)36-30(38-33)21-39-16-18-40(19-17-39)31(24-10-8-23(3)9-11-24)25-12-14-26(34)15-13-25/h4-15,22,29,31H,16-21H2,1-3H3,(H2,35,41)(H,36,37,38)/t29-,31?/m0/s1. The van der Waals surface area contributed by atoms with E-state index >= 15 is 0 Å². The van der Waals surface area contributed by atoms with Crippen molar-refractivity contribution in [2.24, 2.45) is 11.7 Å². The molecule has 2 atom stereocenters. The van der Waals surface area contributed by atoms with Crippen LogP contribution in [0.25, 0.3) is 10.9 Å². The van der Waals surface area contributed by atoms with Crippen LogP contribution in [0.1, 0.15) is 48.8 Å². The number of aryl methyl sites for hydroxylation is 1. The Labute approximate surface area is 247 Å². The molecule has 0 aliphatic carbocycles. The highest BCUT2D eigenvalue weighted by Gasteiger charge is 2.27. The van der Waals surface area contributed by atoms with Crippen LogP contribution in [-0.2, 0) is 11.3 Å². The first-order chi connectivity index (χ1) is 19.8. The molecule has 1 fully saturated rings. The van der Waals surface area contributed by atoms with Crippen molar-refractivity contribution >= 4 is 34.2 Å². The molecule has 4 aromatic rings. The largest absolute Gasteiger partial charge is 0.368 e. The van der Waals surface area contributed by atoms with Crippen molar-refractivity contribution in [3.63, 3.8) is 0 Å². The molecule has 3 aromatic carbocycles. The second-order valence-electron chi connectivity index (χ2n) is 11.4. The number of nitrogens with two attached hydrogens (primary N) is 1. The van der Waals surface area contributed by atoms with E-state index in [0.29, 0.717) is 24.7 Å². The molecule has 5 rings (SSSR count). The molecule has 41 heavy (non-hydrogen) atoms. The zero-order valence-corrected chi connectivity index (χ0v) is 24.8. The molecule has 8 heteroatoms. The summed E-state index contributed by atoms with van der Waals surface area (Å²) in [5.41, 5.74) is 10.4. The summed E-state index contributed by atoms with van der Waals surface area (Å²) in [5, 5.41) is 4.97. The minimum atomic E-state index is -0.490. The SMILES string of the molecule is Cc1ccc(C(c2ccc(Cl)cc2)N2CCN(Cc3nc(N[C@@H](CC(C)C)C(N)=O)c4ccccc4n3)CC2)cc1. The van der Waals surface area contributed by atoms with Gasteiger partial charge >= 0.3 is 0 Å². The summed E-state index contributed by atoms with van der Waals surface area (Å²) in [6.45, 7) is 10.5. The lowest BCUT2D eigenvalue weighted by Crippen LogP contribution is -2.47. The highest BCUT2D eigenvalue weighted by atomic mass is 35.5. The van der Waals surface area contributed by atoms with E-state index in [-0.39, 0.29) is 11.9 Å². The van der Waals surface area contributed by atoms with Gasteiger partial charge in [0.25, 0.3) is 0 Å². The zero-order valence-electron chi connectivity index (χ0n) is 24.1. The summed E-state index contributed by atoms with van der Waals surface area (Å²) in [6.07, 6.45) is 0.640. The normalized spacial score (nSPS) is 16.1. The van der Waals surface area contributed by atoms with Crippen LogP contribution in [-0.4, -0.2) is 57.9 Å². The molecule has 0 saturated carbocycles. The van der Waals surface area contributed by atoms with Crippen molar-refractivity contribution < 1.29 is 4.79 Å². The van der Waals surface area contributed by atoms with Crippen molar-refractivity contribution in [1.29, 1.82) is 0 Å². The van der Waals surface area contributed by atoms with E-state index in [0.717, 1.165) is 47.9 Å². The Hall–Kier alpha value is -3.52. The van der Waals surface area contributed by atoms with Crippen LogP contribution < -0.4 is 11.1 Å². The number of hydrogen-bond acceptors (Lipinski definition) is 6. The van der Waals surface area contributed by atoms with Crippen molar-refractivity contribution in [3.05, 3.63) is 100 Å². The summed E-state index contributed by atoms with van der Waals surface area (Å²) in [7, 11) is 0. The number of para-hydroxylation sites is 1. The second-order valence-corrected chi connectivity index (χ2v) is 11.8. The molecule has 1 aromatic heterocycles. The number of benzene rings is 3. The minimum absolute atomic E-state index is 0.162. The summed E-state index contributed by atoms with van der Waals surface area (Å²) < 4.78 is 0. The van der Waals surface area contributed by atoms with E-state index in [9.17, 15) is 4.79 Å². The number of carbonyl (C=O) groups excluding carboxylic acids is 1. The zero-order chi connectivity index (χ0) is 28.9. The summed E-state index contributed by atoms with van der Waals surface area (Å²) in [4.78, 5) is 26.9. The maximum Gasteiger partial charge on any atom is 0.239 e. The summed E-state index contributed by atoms with van der Waals surface area (Å²) in [5.74, 6) is 1.35. The van der Waals surface area contributed by atoms with Gasteiger partial charge in [0.1, 0.15) is 17.7 Å². The molecule has 1 unspecified atom stereocenters. The van der Waals surface area contributed by atoms with Gasteiger partial charge in [-0.15, -0.1) is 0 Å². The Morgan fingerprint density at radius 1 is 0.927 bits per heavy atom. The lowest BCUT2D eigenvalue weighted by molar-refractivity contribution is -0.119. The van der Waals surface area contributed by atoms with Crippen molar-refractivity contribution in [2.45, 2.75) is 45.8 Å². The van der Waals surface area contributed by atoms with E-state index < -0.39 is 6.04 Å². The molecule has 1 saturated heterocycles. The van der Waals surface area contributed by atoms with Gasteiger partial charge in [0.2, 0.25) is 5.91 Å².